The Morgan fingerprint density at radius 3 is 2.38 bits per heavy atom. The molecule has 1 N–H and O–H groups in total. The molecule has 4 nitrogen and oxygen atoms in total. The molecule has 1 fully saturated rings. The van der Waals surface area contributed by atoms with Crippen molar-refractivity contribution in [3.8, 4) is 0 Å². The summed E-state index contributed by atoms with van der Waals surface area (Å²) < 4.78 is 0. The summed E-state index contributed by atoms with van der Waals surface area (Å²) in [5.41, 5.74) is -1.00. The van der Waals surface area contributed by atoms with Crippen molar-refractivity contribution in [3.05, 3.63) is 0 Å². The van der Waals surface area contributed by atoms with E-state index in [9.17, 15) is 9.90 Å². The Kier molecular flexibility index (Phi) is 2.52. The highest BCUT2D eigenvalue weighted by Crippen LogP contribution is 2.24. The molecule has 1 atom stereocenters. The van der Waals surface area contributed by atoms with Crippen molar-refractivity contribution in [2.75, 3.05) is 13.1 Å². The number of hydrogen-bond acceptors (Lipinski definition) is 2. The number of carbonyl (C=O) groups excluding carboxylic acids is 1. The Hall–Kier alpha value is -0.770. The summed E-state index contributed by atoms with van der Waals surface area (Å²) in [6.45, 7) is 8.40. The second-order valence-corrected chi connectivity index (χ2v) is 3.97. The van der Waals surface area contributed by atoms with Crippen LogP contribution in [-0.2, 0) is 0 Å². The zero-order valence-electron chi connectivity index (χ0n) is 8.74. The van der Waals surface area contributed by atoms with E-state index in [4.69, 9.17) is 0 Å². The minimum Gasteiger partial charge on any atom is -0.369 e. The maximum Gasteiger partial charge on any atom is 0.322 e. The second-order valence-electron chi connectivity index (χ2n) is 3.97. The van der Waals surface area contributed by atoms with E-state index >= 15 is 0 Å². The van der Waals surface area contributed by atoms with Crippen molar-refractivity contribution in [1.82, 2.24) is 9.80 Å². The van der Waals surface area contributed by atoms with Gasteiger partial charge < -0.3 is 10.0 Å². The lowest BCUT2D eigenvalue weighted by Gasteiger charge is -2.26. The number of β-amino-alcohol motifs (C(OH)–C–C–N with tert-alkyl or cyclic N) is 1. The topological polar surface area (TPSA) is 43.8 Å². The molecular weight excluding hydrogens is 168 g/mol. The Morgan fingerprint density at radius 2 is 2.15 bits per heavy atom. The van der Waals surface area contributed by atoms with E-state index in [-0.39, 0.29) is 12.1 Å². The number of carbonyl (C=O) groups is 1. The number of nitrogens with zero attached hydrogens (tertiary/aromatic N) is 2. The van der Waals surface area contributed by atoms with E-state index in [1.54, 1.807) is 11.8 Å². The zero-order valence-corrected chi connectivity index (χ0v) is 8.74. The average molecular weight is 186 g/mol. The van der Waals surface area contributed by atoms with E-state index in [1.165, 1.54) is 4.90 Å². The van der Waals surface area contributed by atoms with Gasteiger partial charge in [0.1, 0.15) is 0 Å². The molecule has 13 heavy (non-hydrogen) atoms. The summed E-state index contributed by atoms with van der Waals surface area (Å²) in [6, 6.07) is 0.0815. The zero-order chi connectivity index (χ0) is 10.2. The SMILES string of the molecule is CCN1C(=O)N(C(C)C)CC1(C)O. The molecular formula is C9H18N2O2. The number of hydrogen-bond donors (Lipinski definition) is 1. The monoisotopic (exact) mass is 186 g/mol. The first-order chi connectivity index (χ1) is 5.90. The largest absolute Gasteiger partial charge is 0.369 e. The Labute approximate surface area is 79.1 Å². The molecule has 76 valence electrons. The standard InChI is InChI=1S/C9H18N2O2/c1-5-11-8(12)10(7(2)3)6-9(11,4)13/h7,13H,5-6H2,1-4H3. The van der Waals surface area contributed by atoms with Crippen LogP contribution in [0.2, 0.25) is 0 Å². The molecule has 1 saturated heterocycles. The second kappa shape index (κ2) is 3.18. The van der Waals surface area contributed by atoms with Crippen LogP contribution in [0.5, 0.6) is 0 Å². The molecule has 0 bridgehead atoms. The first kappa shape index (κ1) is 10.3. The molecule has 0 spiro atoms. The van der Waals surface area contributed by atoms with E-state index in [0.717, 1.165) is 0 Å². The van der Waals surface area contributed by atoms with Crippen LogP contribution in [0, 0.1) is 0 Å². The highest BCUT2D eigenvalue weighted by Gasteiger charge is 2.44. The molecule has 1 rings (SSSR count). The van der Waals surface area contributed by atoms with Gasteiger partial charge >= 0.3 is 6.03 Å². The van der Waals surface area contributed by atoms with Crippen LogP contribution in [0.25, 0.3) is 0 Å². The Bertz CT molecular complexity index is 214. The number of aliphatic hydroxyl groups is 1. The van der Waals surface area contributed by atoms with E-state index in [2.05, 4.69) is 0 Å². The van der Waals surface area contributed by atoms with Crippen molar-refractivity contribution in [2.45, 2.75) is 39.5 Å². The van der Waals surface area contributed by atoms with Gasteiger partial charge in [0.15, 0.2) is 5.72 Å². The number of likely N-dealkylation sites (N-methyl/N-ethyl adjacent to an activating group) is 1. The molecule has 4 heteroatoms. The molecule has 0 saturated carbocycles. The summed E-state index contributed by atoms with van der Waals surface area (Å²) in [5, 5.41) is 9.91. The lowest BCUT2D eigenvalue weighted by atomic mass is 10.2. The summed E-state index contributed by atoms with van der Waals surface area (Å²) >= 11 is 0. The first-order valence-electron chi connectivity index (χ1n) is 4.70. The van der Waals surface area contributed by atoms with Gasteiger partial charge in [-0.3, -0.25) is 4.90 Å². The molecule has 0 aromatic rings. The van der Waals surface area contributed by atoms with Crippen molar-refractivity contribution in [3.63, 3.8) is 0 Å². The fourth-order valence-corrected chi connectivity index (χ4v) is 1.72. The third-order valence-corrected chi connectivity index (χ3v) is 2.47. The molecule has 1 unspecified atom stereocenters. The number of rotatable bonds is 2. The Morgan fingerprint density at radius 1 is 1.62 bits per heavy atom. The van der Waals surface area contributed by atoms with E-state index in [0.29, 0.717) is 13.1 Å². The molecule has 1 aliphatic heterocycles. The van der Waals surface area contributed by atoms with Gasteiger partial charge in [-0.25, -0.2) is 4.79 Å². The normalized spacial score (nSPS) is 29.2. The molecule has 1 heterocycles. The van der Waals surface area contributed by atoms with E-state index in [1.807, 2.05) is 20.8 Å². The number of amides is 2. The minimum absolute atomic E-state index is 0.0671. The van der Waals surface area contributed by atoms with Crippen LogP contribution in [-0.4, -0.2) is 45.8 Å². The van der Waals surface area contributed by atoms with Gasteiger partial charge in [-0.05, 0) is 27.7 Å². The summed E-state index contributed by atoms with van der Waals surface area (Å²) in [6.07, 6.45) is 0. The third kappa shape index (κ3) is 1.63. The first-order valence-corrected chi connectivity index (χ1v) is 4.70. The summed E-state index contributed by atoms with van der Waals surface area (Å²) in [4.78, 5) is 14.9. The molecule has 0 aliphatic carbocycles. The minimum atomic E-state index is -1.00. The fraction of sp³-hybridized carbons (Fsp3) is 0.889. The highest BCUT2D eigenvalue weighted by atomic mass is 16.3. The van der Waals surface area contributed by atoms with Crippen LogP contribution in [0.3, 0.4) is 0 Å². The average Bonchev–Trinajstić information content (AvgIpc) is 2.22. The van der Waals surface area contributed by atoms with Gasteiger partial charge in [-0.15, -0.1) is 0 Å². The maximum atomic E-state index is 11.7. The van der Waals surface area contributed by atoms with Crippen molar-refractivity contribution in [2.24, 2.45) is 0 Å². The quantitative estimate of drug-likeness (QED) is 0.695. The molecule has 0 radical (unpaired) electrons. The lowest BCUT2D eigenvalue weighted by molar-refractivity contribution is -0.0378. The van der Waals surface area contributed by atoms with Gasteiger partial charge in [0.05, 0.1) is 6.54 Å². The maximum absolute atomic E-state index is 11.7. The predicted molar refractivity (Wildman–Crippen MR) is 50.2 cm³/mol. The van der Waals surface area contributed by atoms with Crippen molar-refractivity contribution >= 4 is 6.03 Å². The predicted octanol–water partition coefficient (Wildman–Crippen LogP) is 0.861. The number of urea groups is 1. The smallest absolute Gasteiger partial charge is 0.322 e. The summed E-state index contributed by atoms with van der Waals surface area (Å²) in [5.74, 6) is 0. The Balaban J connectivity index is 2.84. The molecule has 1 aliphatic rings. The molecule has 2 amide bonds. The van der Waals surface area contributed by atoms with Gasteiger partial charge in [-0.2, -0.15) is 0 Å². The highest BCUT2D eigenvalue weighted by molar-refractivity contribution is 5.77. The lowest BCUT2D eigenvalue weighted by Crippen LogP contribution is -2.44. The van der Waals surface area contributed by atoms with Crippen molar-refractivity contribution < 1.29 is 9.90 Å². The van der Waals surface area contributed by atoms with Gasteiger partial charge in [0.2, 0.25) is 0 Å². The van der Waals surface area contributed by atoms with Gasteiger partial charge in [0.25, 0.3) is 0 Å². The summed E-state index contributed by atoms with van der Waals surface area (Å²) in [7, 11) is 0. The van der Waals surface area contributed by atoms with E-state index < -0.39 is 5.72 Å². The van der Waals surface area contributed by atoms with Crippen LogP contribution in [0.15, 0.2) is 0 Å². The molecule has 0 aromatic heterocycles. The van der Waals surface area contributed by atoms with Crippen LogP contribution < -0.4 is 0 Å². The molecule has 0 aromatic carbocycles. The van der Waals surface area contributed by atoms with Crippen LogP contribution >= 0.6 is 0 Å². The van der Waals surface area contributed by atoms with Crippen LogP contribution in [0.1, 0.15) is 27.7 Å². The van der Waals surface area contributed by atoms with Crippen molar-refractivity contribution in [1.29, 1.82) is 0 Å². The van der Waals surface area contributed by atoms with Crippen LogP contribution in [0.4, 0.5) is 4.79 Å². The van der Waals surface area contributed by atoms with Gasteiger partial charge in [0, 0.05) is 12.6 Å². The third-order valence-electron chi connectivity index (χ3n) is 2.47. The van der Waals surface area contributed by atoms with Gasteiger partial charge in [-0.1, -0.05) is 0 Å². The fourth-order valence-electron chi connectivity index (χ4n) is 1.72.